The van der Waals surface area contributed by atoms with Gasteiger partial charge in [0.25, 0.3) is 0 Å². The minimum atomic E-state index is -0.855. The zero-order valence-electron chi connectivity index (χ0n) is 42.3. The number of hydrogen-bond acceptors (Lipinski definition) is 5. The number of nitrogens with one attached hydrogen (secondary N) is 1. The Hall–Kier alpha value is -1.66. The number of aliphatic hydroxyl groups excluding tert-OH is 2. The minimum Gasteiger partial charge on any atom is -0.466 e. The third-order valence-corrected chi connectivity index (χ3v) is 13.0. The molecule has 3 N–H and O–H groups in total. The van der Waals surface area contributed by atoms with Gasteiger partial charge in [-0.2, -0.15) is 0 Å². The number of esters is 1. The molecule has 6 heteroatoms. The maximum absolute atomic E-state index is 12.5. The van der Waals surface area contributed by atoms with Crippen molar-refractivity contribution in [3.8, 4) is 0 Å². The van der Waals surface area contributed by atoms with Crippen LogP contribution >= 0.6 is 0 Å². The van der Waals surface area contributed by atoms with Crippen molar-refractivity contribution in [1.82, 2.24) is 5.32 Å². The first-order valence-electron chi connectivity index (χ1n) is 28.1. The van der Waals surface area contributed by atoms with Crippen LogP contribution in [0.2, 0.25) is 0 Å². The first-order chi connectivity index (χ1) is 31.0. The molecule has 2 atom stereocenters. The maximum atomic E-state index is 12.5. The lowest BCUT2D eigenvalue weighted by molar-refractivity contribution is -0.143. The molecule has 0 aliphatic rings. The van der Waals surface area contributed by atoms with Crippen molar-refractivity contribution in [2.45, 2.75) is 315 Å². The lowest BCUT2D eigenvalue weighted by Crippen LogP contribution is -2.45. The average molecular weight is 889 g/mol. The summed E-state index contributed by atoms with van der Waals surface area (Å²) in [6.45, 7) is 4.89. The fraction of sp³-hybridized carbons (Fsp3) is 0.895. The summed E-state index contributed by atoms with van der Waals surface area (Å²) < 4.78 is 5.46. The molecule has 1 amide bonds. The van der Waals surface area contributed by atoms with Crippen molar-refractivity contribution in [1.29, 1.82) is 0 Å². The van der Waals surface area contributed by atoms with Crippen molar-refractivity contribution in [3.63, 3.8) is 0 Å². The molecule has 0 aromatic rings. The van der Waals surface area contributed by atoms with E-state index in [0.717, 1.165) is 64.2 Å². The summed E-state index contributed by atoms with van der Waals surface area (Å²) >= 11 is 0. The van der Waals surface area contributed by atoms with Gasteiger partial charge in [-0.15, -0.1) is 0 Å². The predicted octanol–water partition coefficient (Wildman–Crippen LogP) is 17.1. The zero-order valence-corrected chi connectivity index (χ0v) is 42.3. The monoisotopic (exact) mass is 888 g/mol. The second-order valence-corrected chi connectivity index (χ2v) is 19.3. The molecule has 372 valence electrons. The van der Waals surface area contributed by atoms with Crippen LogP contribution in [-0.4, -0.2) is 47.4 Å². The highest BCUT2D eigenvalue weighted by Crippen LogP contribution is 2.16. The molecule has 0 saturated heterocycles. The lowest BCUT2D eigenvalue weighted by Gasteiger charge is -2.20. The van der Waals surface area contributed by atoms with Crippen LogP contribution in [0.4, 0.5) is 0 Å². The standard InChI is InChI=1S/C57H109NO5/c1-3-5-7-9-11-13-15-17-18-19-20-23-26-29-33-37-41-45-49-55(60)54(53-59)58-56(61)50-46-42-38-34-30-27-24-21-22-25-28-32-36-40-44-48-52-63-57(62)51-47-43-39-35-31-16-14-12-10-8-6-4-2/h21,24,45,49,54-55,59-60H,3-20,22-23,25-44,46-48,50-53H2,1-2H3,(H,58,61)/b24-21-,49-45+. The molecule has 0 aliphatic heterocycles. The maximum Gasteiger partial charge on any atom is 0.305 e. The average Bonchev–Trinajstić information content (AvgIpc) is 3.28. The molecule has 0 aromatic heterocycles. The van der Waals surface area contributed by atoms with Gasteiger partial charge >= 0.3 is 5.97 Å². The number of hydrogen-bond donors (Lipinski definition) is 3. The van der Waals surface area contributed by atoms with Gasteiger partial charge < -0.3 is 20.3 Å². The molecule has 0 saturated carbocycles. The lowest BCUT2D eigenvalue weighted by atomic mass is 10.0. The second kappa shape index (κ2) is 53.0. The van der Waals surface area contributed by atoms with Crippen molar-refractivity contribution < 1.29 is 24.5 Å². The molecule has 63 heavy (non-hydrogen) atoms. The van der Waals surface area contributed by atoms with Gasteiger partial charge in [0.05, 0.1) is 25.4 Å². The summed E-state index contributed by atoms with van der Waals surface area (Å²) in [6.07, 6.45) is 63.3. The number of unbranched alkanes of at least 4 members (excludes halogenated alkanes) is 39. The van der Waals surface area contributed by atoms with E-state index in [4.69, 9.17) is 4.74 Å². The molecule has 2 unspecified atom stereocenters. The second-order valence-electron chi connectivity index (χ2n) is 19.3. The third kappa shape index (κ3) is 49.6. The van der Waals surface area contributed by atoms with E-state index in [1.165, 1.54) is 212 Å². The zero-order chi connectivity index (χ0) is 45.8. The van der Waals surface area contributed by atoms with Crippen molar-refractivity contribution >= 4 is 11.9 Å². The quantitative estimate of drug-likeness (QED) is 0.0321. The van der Waals surface area contributed by atoms with Crippen LogP contribution in [0.1, 0.15) is 303 Å². The predicted molar refractivity (Wildman–Crippen MR) is 273 cm³/mol. The van der Waals surface area contributed by atoms with Crippen LogP contribution in [-0.2, 0) is 14.3 Å². The Kier molecular flexibility index (Phi) is 51.6. The Balaban J connectivity index is 3.50. The highest BCUT2D eigenvalue weighted by atomic mass is 16.5. The smallest absolute Gasteiger partial charge is 0.305 e. The van der Waals surface area contributed by atoms with E-state index in [9.17, 15) is 19.8 Å². The highest BCUT2D eigenvalue weighted by molar-refractivity contribution is 5.76. The van der Waals surface area contributed by atoms with E-state index in [1.54, 1.807) is 6.08 Å². The molecule has 0 spiro atoms. The summed E-state index contributed by atoms with van der Waals surface area (Å²) in [6, 6.07) is -0.640. The fourth-order valence-electron chi connectivity index (χ4n) is 8.63. The number of carbonyl (C=O) groups excluding carboxylic acids is 2. The molecule has 0 bridgehead atoms. The molecule has 0 aromatic carbocycles. The number of rotatable bonds is 52. The number of aliphatic hydroxyl groups is 2. The van der Waals surface area contributed by atoms with Crippen LogP contribution in [0.25, 0.3) is 0 Å². The third-order valence-electron chi connectivity index (χ3n) is 13.0. The molecule has 0 radical (unpaired) electrons. The molecule has 0 rings (SSSR count). The normalized spacial score (nSPS) is 12.8. The van der Waals surface area contributed by atoms with Gasteiger partial charge in [-0.3, -0.25) is 9.59 Å². The van der Waals surface area contributed by atoms with Gasteiger partial charge in [-0.25, -0.2) is 0 Å². The molecule has 0 heterocycles. The SMILES string of the molecule is CCCCCCCCCCCCCCCCCC/C=C/C(O)C(CO)NC(=O)CCCCCCC/C=C\CCCCCCCCCOC(=O)CCCCCCCCCCCCCC. The van der Waals surface area contributed by atoms with Gasteiger partial charge in [-0.1, -0.05) is 256 Å². The Morgan fingerprint density at radius 1 is 0.429 bits per heavy atom. The summed E-state index contributed by atoms with van der Waals surface area (Å²) in [4.78, 5) is 24.5. The van der Waals surface area contributed by atoms with Crippen LogP contribution in [0, 0.1) is 0 Å². The van der Waals surface area contributed by atoms with Gasteiger partial charge in [0.2, 0.25) is 5.91 Å². The van der Waals surface area contributed by atoms with E-state index in [1.807, 2.05) is 6.08 Å². The minimum absolute atomic E-state index is 0.00307. The van der Waals surface area contributed by atoms with Gasteiger partial charge in [0.15, 0.2) is 0 Å². The number of allylic oxidation sites excluding steroid dienone is 3. The highest BCUT2D eigenvalue weighted by Gasteiger charge is 2.18. The molecular weight excluding hydrogens is 779 g/mol. The Labute approximate surface area is 392 Å². The van der Waals surface area contributed by atoms with E-state index in [0.29, 0.717) is 19.4 Å². The van der Waals surface area contributed by atoms with E-state index < -0.39 is 12.1 Å². The molecular formula is C57H109NO5. The largest absolute Gasteiger partial charge is 0.466 e. The Morgan fingerprint density at radius 3 is 1.13 bits per heavy atom. The van der Waals surface area contributed by atoms with Gasteiger partial charge in [0.1, 0.15) is 0 Å². The van der Waals surface area contributed by atoms with E-state index >= 15 is 0 Å². The first kappa shape index (κ1) is 61.3. The summed E-state index contributed by atoms with van der Waals surface area (Å²) in [7, 11) is 0. The van der Waals surface area contributed by atoms with Crippen molar-refractivity contribution in [2.24, 2.45) is 0 Å². The van der Waals surface area contributed by atoms with Crippen molar-refractivity contribution in [3.05, 3.63) is 24.3 Å². The molecule has 0 aliphatic carbocycles. The molecule has 0 fully saturated rings. The Morgan fingerprint density at radius 2 is 0.746 bits per heavy atom. The Bertz CT molecular complexity index is 982. The van der Waals surface area contributed by atoms with Gasteiger partial charge in [0, 0.05) is 12.8 Å². The summed E-state index contributed by atoms with van der Waals surface area (Å²) in [5.41, 5.74) is 0. The van der Waals surface area contributed by atoms with Crippen LogP contribution < -0.4 is 5.32 Å². The molecule has 6 nitrogen and oxygen atoms in total. The van der Waals surface area contributed by atoms with Gasteiger partial charge in [-0.05, 0) is 57.8 Å². The number of amides is 1. The van der Waals surface area contributed by atoms with Crippen LogP contribution in [0.15, 0.2) is 24.3 Å². The van der Waals surface area contributed by atoms with E-state index in [2.05, 4.69) is 31.3 Å². The number of ether oxygens (including phenoxy) is 1. The van der Waals surface area contributed by atoms with Crippen LogP contribution in [0.5, 0.6) is 0 Å². The summed E-state index contributed by atoms with van der Waals surface area (Å²) in [5.74, 6) is -0.0863. The van der Waals surface area contributed by atoms with E-state index in [-0.39, 0.29) is 18.5 Å². The first-order valence-corrected chi connectivity index (χ1v) is 28.1. The van der Waals surface area contributed by atoms with Crippen LogP contribution in [0.3, 0.4) is 0 Å². The topological polar surface area (TPSA) is 95.9 Å². The van der Waals surface area contributed by atoms with Crippen molar-refractivity contribution in [2.75, 3.05) is 13.2 Å². The summed E-state index contributed by atoms with van der Waals surface area (Å²) in [5, 5.41) is 23.1. The fourth-order valence-corrected chi connectivity index (χ4v) is 8.63. The number of carbonyl (C=O) groups is 2.